The number of nitrogen functional groups attached to an aromatic ring is 1. The van der Waals surface area contributed by atoms with Crippen LogP contribution in [0.4, 0.5) is 5.82 Å². The number of carbonyl (C=O) groups is 1. The van der Waals surface area contributed by atoms with Crippen LogP contribution >= 0.6 is 0 Å². The summed E-state index contributed by atoms with van der Waals surface area (Å²) in [7, 11) is 0. The average molecular weight is 238 g/mol. The molecule has 0 spiro atoms. The van der Waals surface area contributed by atoms with E-state index in [-0.39, 0.29) is 5.91 Å². The van der Waals surface area contributed by atoms with Crippen LogP contribution in [0.1, 0.15) is 36.2 Å². The van der Waals surface area contributed by atoms with Gasteiger partial charge in [0.2, 0.25) is 0 Å². The number of nitrogens with one attached hydrogen (secondary N) is 2. The van der Waals surface area contributed by atoms with E-state index in [1.54, 1.807) is 0 Å². The van der Waals surface area contributed by atoms with E-state index in [2.05, 4.69) is 15.5 Å². The molecule has 6 heteroatoms. The Morgan fingerprint density at radius 3 is 3.00 bits per heavy atom. The molecular weight excluding hydrogens is 220 g/mol. The molecule has 0 radical (unpaired) electrons. The molecule has 6 nitrogen and oxygen atoms in total. The van der Waals surface area contributed by atoms with Gasteiger partial charge in [-0.15, -0.1) is 0 Å². The second kappa shape index (κ2) is 5.67. The SMILES string of the molecule is Nc1cc(C(=O)NCCOC2CCCC2)[nH]n1. The van der Waals surface area contributed by atoms with Gasteiger partial charge >= 0.3 is 0 Å². The van der Waals surface area contributed by atoms with Crippen LogP contribution in [-0.2, 0) is 4.74 Å². The monoisotopic (exact) mass is 238 g/mol. The summed E-state index contributed by atoms with van der Waals surface area (Å²) < 4.78 is 5.63. The molecule has 0 aromatic carbocycles. The van der Waals surface area contributed by atoms with Crippen LogP contribution < -0.4 is 11.1 Å². The number of hydrogen-bond donors (Lipinski definition) is 3. The van der Waals surface area contributed by atoms with Crippen molar-refractivity contribution in [1.29, 1.82) is 0 Å². The number of hydrogen-bond acceptors (Lipinski definition) is 4. The third kappa shape index (κ3) is 3.45. The maximum absolute atomic E-state index is 11.6. The molecular formula is C11H18N4O2. The van der Waals surface area contributed by atoms with E-state index in [0.29, 0.717) is 30.8 Å². The minimum absolute atomic E-state index is 0.204. The van der Waals surface area contributed by atoms with Crippen LogP contribution in [0.15, 0.2) is 6.07 Å². The Morgan fingerprint density at radius 2 is 2.35 bits per heavy atom. The van der Waals surface area contributed by atoms with E-state index in [0.717, 1.165) is 12.8 Å². The van der Waals surface area contributed by atoms with E-state index in [1.807, 2.05) is 0 Å². The Labute approximate surface area is 99.9 Å². The van der Waals surface area contributed by atoms with Crippen molar-refractivity contribution in [2.75, 3.05) is 18.9 Å². The lowest BCUT2D eigenvalue weighted by atomic mass is 10.3. The number of aromatic amines is 1. The van der Waals surface area contributed by atoms with Gasteiger partial charge in [0.05, 0.1) is 12.7 Å². The summed E-state index contributed by atoms with van der Waals surface area (Å²) in [5.41, 5.74) is 5.79. The molecule has 1 amide bonds. The number of ether oxygens (including phenoxy) is 1. The zero-order valence-corrected chi connectivity index (χ0v) is 9.74. The summed E-state index contributed by atoms with van der Waals surface area (Å²) in [6.45, 7) is 1.06. The molecule has 2 rings (SSSR count). The van der Waals surface area contributed by atoms with Gasteiger partial charge in [-0.2, -0.15) is 5.10 Å². The van der Waals surface area contributed by atoms with Crippen molar-refractivity contribution in [3.8, 4) is 0 Å². The molecule has 1 fully saturated rings. The van der Waals surface area contributed by atoms with Crippen LogP contribution in [0.5, 0.6) is 0 Å². The van der Waals surface area contributed by atoms with Gasteiger partial charge < -0.3 is 15.8 Å². The van der Waals surface area contributed by atoms with Crippen molar-refractivity contribution in [2.24, 2.45) is 0 Å². The molecule has 1 heterocycles. The summed E-state index contributed by atoms with van der Waals surface area (Å²) in [6, 6.07) is 1.51. The van der Waals surface area contributed by atoms with Crippen molar-refractivity contribution in [3.63, 3.8) is 0 Å². The van der Waals surface area contributed by atoms with Crippen LogP contribution in [0.25, 0.3) is 0 Å². The predicted octanol–water partition coefficient (Wildman–Crippen LogP) is 0.681. The Bertz CT molecular complexity index is 371. The van der Waals surface area contributed by atoms with Gasteiger partial charge in [0, 0.05) is 12.6 Å². The quantitative estimate of drug-likeness (QED) is 0.658. The highest BCUT2D eigenvalue weighted by molar-refractivity contribution is 5.92. The van der Waals surface area contributed by atoms with Crippen molar-refractivity contribution in [2.45, 2.75) is 31.8 Å². The summed E-state index contributed by atoms with van der Waals surface area (Å²) >= 11 is 0. The molecule has 1 saturated carbocycles. The molecule has 0 bridgehead atoms. The molecule has 1 aliphatic carbocycles. The lowest BCUT2D eigenvalue weighted by Crippen LogP contribution is -2.28. The smallest absolute Gasteiger partial charge is 0.269 e. The van der Waals surface area contributed by atoms with E-state index >= 15 is 0 Å². The fraction of sp³-hybridized carbons (Fsp3) is 0.636. The lowest BCUT2D eigenvalue weighted by molar-refractivity contribution is 0.0581. The minimum atomic E-state index is -0.204. The fourth-order valence-electron chi connectivity index (χ4n) is 1.99. The highest BCUT2D eigenvalue weighted by atomic mass is 16.5. The molecule has 0 unspecified atom stereocenters. The molecule has 0 aliphatic heterocycles. The van der Waals surface area contributed by atoms with E-state index in [4.69, 9.17) is 10.5 Å². The van der Waals surface area contributed by atoms with Gasteiger partial charge in [-0.3, -0.25) is 9.89 Å². The number of anilines is 1. The van der Waals surface area contributed by atoms with Gasteiger partial charge in [-0.25, -0.2) is 0 Å². The van der Waals surface area contributed by atoms with Gasteiger partial charge in [0.25, 0.3) is 5.91 Å². The van der Waals surface area contributed by atoms with Gasteiger partial charge in [0.15, 0.2) is 0 Å². The van der Waals surface area contributed by atoms with Crippen molar-refractivity contribution < 1.29 is 9.53 Å². The topological polar surface area (TPSA) is 93.0 Å². The molecule has 1 aromatic rings. The van der Waals surface area contributed by atoms with Gasteiger partial charge in [-0.05, 0) is 12.8 Å². The number of H-pyrrole nitrogens is 1. The Hall–Kier alpha value is -1.56. The zero-order chi connectivity index (χ0) is 12.1. The van der Waals surface area contributed by atoms with Gasteiger partial charge in [-0.1, -0.05) is 12.8 Å². The summed E-state index contributed by atoms with van der Waals surface area (Å²) in [5, 5.41) is 8.99. The number of carbonyl (C=O) groups excluding carboxylic acids is 1. The second-order valence-corrected chi connectivity index (χ2v) is 4.24. The molecule has 0 saturated heterocycles. The maximum atomic E-state index is 11.6. The first kappa shape index (κ1) is 11.9. The summed E-state index contributed by atoms with van der Waals surface area (Å²) in [5.74, 6) is 0.113. The maximum Gasteiger partial charge on any atom is 0.269 e. The highest BCUT2D eigenvalue weighted by Crippen LogP contribution is 2.20. The first-order chi connectivity index (χ1) is 8.25. The number of rotatable bonds is 5. The first-order valence-corrected chi connectivity index (χ1v) is 5.96. The predicted molar refractivity (Wildman–Crippen MR) is 63.5 cm³/mol. The third-order valence-corrected chi connectivity index (χ3v) is 2.89. The van der Waals surface area contributed by atoms with E-state index in [1.165, 1.54) is 18.9 Å². The number of amides is 1. The molecule has 94 valence electrons. The largest absolute Gasteiger partial charge is 0.382 e. The Balaban J connectivity index is 1.63. The molecule has 0 atom stereocenters. The van der Waals surface area contributed by atoms with Crippen LogP contribution in [0.3, 0.4) is 0 Å². The van der Waals surface area contributed by atoms with Crippen LogP contribution in [0, 0.1) is 0 Å². The second-order valence-electron chi connectivity index (χ2n) is 4.24. The van der Waals surface area contributed by atoms with Crippen molar-refractivity contribution in [1.82, 2.24) is 15.5 Å². The Morgan fingerprint density at radius 1 is 1.59 bits per heavy atom. The van der Waals surface area contributed by atoms with Crippen LogP contribution in [0.2, 0.25) is 0 Å². The van der Waals surface area contributed by atoms with E-state index in [9.17, 15) is 4.79 Å². The zero-order valence-electron chi connectivity index (χ0n) is 9.74. The third-order valence-electron chi connectivity index (χ3n) is 2.89. The standard InChI is InChI=1S/C11H18N4O2/c12-10-7-9(14-15-10)11(16)13-5-6-17-8-3-1-2-4-8/h7-8H,1-6H2,(H,13,16)(H3,12,14,15). The average Bonchev–Trinajstić information content (AvgIpc) is 2.95. The van der Waals surface area contributed by atoms with Crippen LogP contribution in [-0.4, -0.2) is 35.4 Å². The molecule has 17 heavy (non-hydrogen) atoms. The van der Waals surface area contributed by atoms with Crippen molar-refractivity contribution >= 4 is 11.7 Å². The first-order valence-electron chi connectivity index (χ1n) is 5.96. The lowest BCUT2D eigenvalue weighted by Gasteiger charge is -2.10. The normalized spacial score (nSPS) is 16.2. The number of aromatic nitrogens is 2. The molecule has 1 aliphatic rings. The molecule has 4 N–H and O–H groups in total. The fourth-order valence-corrected chi connectivity index (χ4v) is 1.99. The number of nitrogens with two attached hydrogens (primary N) is 1. The van der Waals surface area contributed by atoms with Gasteiger partial charge in [0.1, 0.15) is 11.5 Å². The van der Waals surface area contributed by atoms with Crippen molar-refractivity contribution in [3.05, 3.63) is 11.8 Å². The Kier molecular flexibility index (Phi) is 3.98. The molecule has 1 aromatic heterocycles. The summed E-state index contributed by atoms with van der Waals surface area (Å²) in [6.07, 6.45) is 5.18. The highest BCUT2D eigenvalue weighted by Gasteiger charge is 2.15. The minimum Gasteiger partial charge on any atom is -0.382 e. The number of nitrogens with zero attached hydrogens (tertiary/aromatic N) is 1. The summed E-state index contributed by atoms with van der Waals surface area (Å²) in [4.78, 5) is 11.6. The van der Waals surface area contributed by atoms with E-state index < -0.39 is 0 Å².